The summed E-state index contributed by atoms with van der Waals surface area (Å²) in [6.07, 6.45) is 3.73. The summed E-state index contributed by atoms with van der Waals surface area (Å²) in [5, 5.41) is 2.07. The van der Waals surface area contributed by atoms with Crippen LogP contribution in [-0.4, -0.2) is 18.8 Å². The number of thiophene rings is 1. The molecule has 6 rings (SSSR count). The van der Waals surface area contributed by atoms with Crippen molar-refractivity contribution in [3.8, 4) is 11.5 Å². The van der Waals surface area contributed by atoms with Gasteiger partial charge in [-0.1, -0.05) is 41.7 Å². The van der Waals surface area contributed by atoms with Gasteiger partial charge < -0.3 is 9.47 Å². The number of fused-ring (bicyclic) bond motifs is 3. The molecule has 0 N–H and O–H groups in total. The summed E-state index contributed by atoms with van der Waals surface area (Å²) in [5.74, 6) is 1.40. The Kier molecular flexibility index (Phi) is 5.23. The fourth-order valence-corrected chi connectivity index (χ4v) is 6.65. The summed E-state index contributed by atoms with van der Waals surface area (Å²) in [6.45, 7) is 0. The van der Waals surface area contributed by atoms with Crippen LogP contribution in [0.15, 0.2) is 75.3 Å². The van der Waals surface area contributed by atoms with Gasteiger partial charge in [0.2, 0.25) is 0 Å². The number of ether oxygens (including phenoxy) is 2. The van der Waals surface area contributed by atoms with E-state index in [4.69, 9.17) is 14.5 Å². The van der Waals surface area contributed by atoms with Crippen LogP contribution in [0.5, 0.6) is 11.5 Å². The second kappa shape index (κ2) is 8.42. The van der Waals surface area contributed by atoms with Crippen molar-refractivity contribution in [1.29, 1.82) is 0 Å². The molecule has 0 amide bonds. The molecule has 1 unspecified atom stereocenters. The highest BCUT2D eigenvalue weighted by atomic mass is 32.1. The van der Waals surface area contributed by atoms with E-state index in [1.807, 2.05) is 34.9 Å². The summed E-state index contributed by atoms with van der Waals surface area (Å²) in [5.41, 5.74) is 5.50. The Hall–Kier alpha value is -3.42. The van der Waals surface area contributed by atoms with Gasteiger partial charge in [0.1, 0.15) is 11.5 Å². The maximum Gasteiger partial charge on any atom is 0.271 e. The van der Waals surface area contributed by atoms with Crippen LogP contribution in [0.2, 0.25) is 0 Å². The van der Waals surface area contributed by atoms with Crippen molar-refractivity contribution >= 4 is 34.4 Å². The molecule has 5 nitrogen and oxygen atoms in total. The van der Waals surface area contributed by atoms with Crippen LogP contribution < -0.4 is 24.4 Å². The Balaban J connectivity index is 1.61. The topological polar surface area (TPSA) is 52.8 Å². The summed E-state index contributed by atoms with van der Waals surface area (Å²) in [4.78, 5) is 20.7. The third-order valence-electron chi connectivity index (χ3n) is 6.41. The molecule has 0 radical (unpaired) electrons. The van der Waals surface area contributed by atoms with Crippen molar-refractivity contribution in [3.63, 3.8) is 0 Å². The molecule has 2 aromatic heterocycles. The zero-order valence-corrected chi connectivity index (χ0v) is 20.4. The third-order valence-corrected chi connectivity index (χ3v) is 8.32. The lowest BCUT2D eigenvalue weighted by Crippen LogP contribution is -2.38. The van der Waals surface area contributed by atoms with E-state index in [2.05, 4.69) is 35.7 Å². The molecular weight excluding hydrogens is 464 g/mol. The number of thiazole rings is 1. The standard InChI is InChI=1S/C27H22N2O3S2/c1-31-18-10-12-21(32-2)17(14-18)15-23-26(30)29-25(22-8-5-13-33-22)20-11-9-16-6-3-4-7-19(16)24(20)28-27(29)34-23/h3-8,10,12-15,25H,9,11H2,1-2H3. The van der Waals surface area contributed by atoms with Crippen LogP contribution in [0.1, 0.15) is 34.0 Å². The highest BCUT2D eigenvalue weighted by Gasteiger charge is 2.33. The van der Waals surface area contributed by atoms with E-state index in [9.17, 15) is 4.79 Å². The van der Waals surface area contributed by atoms with Gasteiger partial charge in [0.25, 0.3) is 5.56 Å². The van der Waals surface area contributed by atoms with Gasteiger partial charge in [0.05, 0.1) is 30.5 Å². The summed E-state index contributed by atoms with van der Waals surface area (Å²) >= 11 is 3.11. The van der Waals surface area contributed by atoms with Gasteiger partial charge in [-0.15, -0.1) is 11.3 Å². The number of methoxy groups -OCH3 is 2. The van der Waals surface area contributed by atoms with Crippen LogP contribution >= 0.6 is 22.7 Å². The van der Waals surface area contributed by atoms with Crippen molar-refractivity contribution < 1.29 is 9.47 Å². The van der Waals surface area contributed by atoms with Gasteiger partial charge in [-0.2, -0.15) is 0 Å². The zero-order chi connectivity index (χ0) is 23.2. The molecule has 3 heterocycles. The van der Waals surface area contributed by atoms with Crippen LogP contribution in [0, 0.1) is 0 Å². The first-order chi connectivity index (χ1) is 16.7. The number of hydrogen-bond acceptors (Lipinski definition) is 6. The number of nitrogens with zero attached hydrogens (tertiary/aromatic N) is 2. The molecule has 4 aromatic rings. The maximum atomic E-state index is 13.8. The average molecular weight is 487 g/mol. The van der Waals surface area contributed by atoms with E-state index in [0.717, 1.165) is 33.8 Å². The fourth-order valence-electron chi connectivity index (χ4n) is 4.81. The van der Waals surface area contributed by atoms with E-state index in [1.165, 1.54) is 28.0 Å². The van der Waals surface area contributed by atoms with E-state index < -0.39 is 0 Å². The summed E-state index contributed by atoms with van der Waals surface area (Å²) in [6, 6.07) is 18.1. The monoisotopic (exact) mass is 486 g/mol. The van der Waals surface area contributed by atoms with Gasteiger partial charge in [-0.25, -0.2) is 4.99 Å². The van der Waals surface area contributed by atoms with Crippen molar-refractivity contribution in [2.75, 3.05) is 14.2 Å². The van der Waals surface area contributed by atoms with Crippen molar-refractivity contribution in [2.24, 2.45) is 4.99 Å². The van der Waals surface area contributed by atoms with E-state index >= 15 is 0 Å². The SMILES string of the molecule is COc1ccc(OC)c(C=c2sc3n(c2=O)C(c2cccs2)C2=C(N=3)c3ccccc3CC2)c1. The number of aromatic nitrogens is 1. The molecule has 2 aliphatic rings. The van der Waals surface area contributed by atoms with Gasteiger partial charge in [0, 0.05) is 16.0 Å². The minimum absolute atomic E-state index is 0.0302. The first-order valence-corrected chi connectivity index (χ1v) is 12.8. The molecule has 1 aliphatic carbocycles. The number of rotatable bonds is 4. The van der Waals surface area contributed by atoms with Crippen LogP contribution in [-0.2, 0) is 6.42 Å². The summed E-state index contributed by atoms with van der Waals surface area (Å²) in [7, 11) is 3.26. The van der Waals surface area contributed by atoms with Crippen molar-refractivity contribution in [1.82, 2.24) is 4.57 Å². The number of aryl methyl sites for hydroxylation is 1. The lowest BCUT2D eigenvalue weighted by Gasteiger charge is -2.30. The second-order valence-electron chi connectivity index (χ2n) is 8.24. The van der Waals surface area contributed by atoms with Crippen molar-refractivity contribution in [2.45, 2.75) is 18.9 Å². The number of allylic oxidation sites excluding steroid dienone is 1. The Morgan fingerprint density at radius 2 is 1.94 bits per heavy atom. The first kappa shape index (κ1) is 21.1. The molecule has 0 spiro atoms. The Bertz CT molecular complexity index is 1610. The lowest BCUT2D eigenvalue weighted by molar-refractivity contribution is 0.402. The molecule has 7 heteroatoms. The molecule has 2 aromatic carbocycles. The third kappa shape index (κ3) is 3.35. The van der Waals surface area contributed by atoms with E-state index in [0.29, 0.717) is 16.0 Å². The molecule has 1 aliphatic heterocycles. The van der Waals surface area contributed by atoms with Gasteiger partial charge in [0.15, 0.2) is 4.80 Å². The highest BCUT2D eigenvalue weighted by Crippen LogP contribution is 2.42. The maximum absolute atomic E-state index is 13.8. The predicted octanol–water partition coefficient (Wildman–Crippen LogP) is 4.40. The van der Waals surface area contributed by atoms with Crippen LogP contribution in [0.3, 0.4) is 0 Å². The smallest absolute Gasteiger partial charge is 0.271 e. The molecule has 1 atom stereocenters. The van der Waals surface area contributed by atoms with Crippen molar-refractivity contribution in [3.05, 3.63) is 107 Å². The Morgan fingerprint density at radius 3 is 2.74 bits per heavy atom. The molecule has 0 saturated carbocycles. The highest BCUT2D eigenvalue weighted by molar-refractivity contribution is 7.10. The Morgan fingerprint density at radius 1 is 1.06 bits per heavy atom. The average Bonchev–Trinajstić information content (AvgIpc) is 3.51. The molecule has 0 fully saturated rings. The molecular formula is C27H22N2O3S2. The predicted molar refractivity (Wildman–Crippen MR) is 137 cm³/mol. The summed E-state index contributed by atoms with van der Waals surface area (Å²) < 4.78 is 13.4. The first-order valence-electron chi connectivity index (χ1n) is 11.1. The minimum Gasteiger partial charge on any atom is -0.497 e. The molecule has 170 valence electrons. The lowest BCUT2D eigenvalue weighted by atomic mass is 9.85. The fraction of sp³-hybridized carbons (Fsp3) is 0.185. The molecule has 0 saturated heterocycles. The van der Waals surface area contributed by atoms with Gasteiger partial charge in [-0.3, -0.25) is 9.36 Å². The Labute approximate surface area is 204 Å². The number of hydrogen-bond donors (Lipinski definition) is 0. The number of benzene rings is 2. The normalized spacial score (nSPS) is 17.0. The zero-order valence-electron chi connectivity index (χ0n) is 18.8. The minimum atomic E-state index is -0.131. The largest absolute Gasteiger partial charge is 0.497 e. The van der Waals surface area contributed by atoms with E-state index in [1.54, 1.807) is 25.6 Å². The van der Waals surface area contributed by atoms with Gasteiger partial charge in [-0.05, 0) is 59.7 Å². The molecule has 0 bridgehead atoms. The second-order valence-corrected chi connectivity index (χ2v) is 10.2. The molecule has 34 heavy (non-hydrogen) atoms. The van der Waals surface area contributed by atoms with E-state index in [-0.39, 0.29) is 11.6 Å². The van der Waals surface area contributed by atoms with Crippen LogP contribution in [0.25, 0.3) is 11.8 Å². The quantitative estimate of drug-likeness (QED) is 0.430. The van der Waals surface area contributed by atoms with Gasteiger partial charge >= 0.3 is 0 Å². The van der Waals surface area contributed by atoms with Crippen LogP contribution in [0.4, 0.5) is 0 Å².